The summed E-state index contributed by atoms with van der Waals surface area (Å²) in [4.78, 5) is 30.8. The van der Waals surface area contributed by atoms with Gasteiger partial charge in [-0.05, 0) is 80.9 Å². The monoisotopic (exact) mass is 445 g/mol. The average molecular weight is 446 g/mol. The fourth-order valence-corrected chi connectivity index (χ4v) is 6.33. The number of primary amides is 1. The molecule has 0 radical (unpaired) electrons. The Hall–Kier alpha value is -3.06. The summed E-state index contributed by atoms with van der Waals surface area (Å²) in [5, 5.41) is 8.68. The van der Waals surface area contributed by atoms with E-state index in [0.717, 1.165) is 85.8 Å². The highest BCUT2D eigenvalue weighted by Gasteiger charge is 2.45. The van der Waals surface area contributed by atoms with Crippen molar-refractivity contribution in [3.05, 3.63) is 41.5 Å². The zero-order chi connectivity index (χ0) is 22.6. The predicted molar refractivity (Wildman–Crippen MR) is 131 cm³/mol. The summed E-state index contributed by atoms with van der Waals surface area (Å²) in [5.74, 6) is 0.301. The first-order chi connectivity index (χ1) is 16.1. The first-order valence-electron chi connectivity index (χ1n) is 12.2. The number of aromatic amines is 1. The molecule has 5 N–H and O–H groups in total. The molecule has 1 spiro atoms. The summed E-state index contributed by atoms with van der Waals surface area (Å²) < 4.78 is 0. The summed E-state index contributed by atoms with van der Waals surface area (Å²) in [5.41, 5.74) is 10.2. The molecule has 0 aliphatic carbocycles. The lowest BCUT2D eigenvalue weighted by Crippen LogP contribution is -2.47. The van der Waals surface area contributed by atoms with Crippen molar-refractivity contribution in [2.45, 2.75) is 38.0 Å². The average Bonchev–Trinajstić information content (AvgIpc) is 3.39. The van der Waals surface area contributed by atoms with Gasteiger partial charge in [-0.3, -0.25) is 9.59 Å². The molecule has 3 aromatic rings. The standard InChI is InChI=1S/C26H31N5O2/c27-24(32)18-3-5-21(31-13-1-8-26(15-31)9-12-29-25(26)33)22-19-14-17(16-6-10-28-11-7-16)2-4-20(19)30-23(18)22/h2-5,14,16,28,30H,1,6-13,15H2,(H2,27,32)(H,29,33). The highest BCUT2D eigenvalue weighted by atomic mass is 16.2. The molecular weight excluding hydrogens is 414 g/mol. The van der Waals surface area contributed by atoms with Crippen LogP contribution in [0.5, 0.6) is 0 Å². The van der Waals surface area contributed by atoms with Crippen molar-refractivity contribution in [3.63, 3.8) is 0 Å². The smallest absolute Gasteiger partial charge is 0.250 e. The van der Waals surface area contributed by atoms with Crippen LogP contribution in [0.2, 0.25) is 0 Å². The number of nitrogens with one attached hydrogen (secondary N) is 3. The van der Waals surface area contributed by atoms with Gasteiger partial charge in [-0.15, -0.1) is 0 Å². The molecule has 1 unspecified atom stereocenters. The number of fused-ring (bicyclic) bond motifs is 3. The number of anilines is 1. The Bertz CT molecular complexity index is 1260. The van der Waals surface area contributed by atoms with Crippen molar-refractivity contribution >= 4 is 39.3 Å². The van der Waals surface area contributed by atoms with Crippen molar-refractivity contribution in [3.8, 4) is 0 Å². The number of piperidine rings is 2. The van der Waals surface area contributed by atoms with Crippen molar-refractivity contribution in [1.82, 2.24) is 15.6 Å². The second-order valence-electron chi connectivity index (χ2n) is 10.0. The molecule has 3 saturated heterocycles. The summed E-state index contributed by atoms with van der Waals surface area (Å²) in [7, 11) is 0. The third-order valence-electron chi connectivity index (χ3n) is 8.12. The van der Waals surface area contributed by atoms with Gasteiger partial charge in [-0.2, -0.15) is 0 Å². The van der Waals surface area contributed by atoms with Gasteiger partial charge in [-0.1, -0.05) is 6.07 Å². The van der Waals surface area contributed by atoms with Crippen molar-refractivity contribution in [2.75, 3.05) is 37.6 Å². The van der Waals surface area contributed by atoms with Crippen molar-refractivity contribution < 1.29 is 9.59 Å². The first-order valence-corrected chi connectivity index (χ1v) is 12.2. The third kappa shape index (κ3) is 3.29. The molecule has 6 rings (SSSR count). The van der Waals surface area contributed by atoms with E-state index in [2.05, 4.69) is 38.7 Å². The third-order valence-corrected chi connectivity index (χ3v) is 8.12. The van der Waals surface area contributed by atoms with E-state index in [-0.39, 0.29) is 11.3 Å². The van der Waals surface area contributed by atoms with Crippen LogP contribution in [0.1, 0.15) is 53.9 Å². The lowest BCUT2D eigenvalue weighted by atomic mass is 9.78. The molecule has 172 valence electrons. The second-order valence-corrected chi connectivity index (χ2v) is 10.0. The Labute approximate surface area is 193 Å². The number of benzene rings is 2. The summed E-state index contributed by atoms with van der Waals surface area (Å²) in [6, 6.07) is 10.5. The van der Waals surface area contributed by atoms with Crippen LogP contribution in [-0.4, -0.2) is 49.5 Å². The van der Waals surface area contributed by atoms with E-state index in [1.165, 1.54) is 5.56 Å². The van der Waals surface area contributed by atoms with Gasteiger partial charge in [-0.25, -0.2) is 0 Å². The fraction of sp³-hybridized carbons (Fsp3) is 0.462. The van der Waals surface area contributed by atoms with Crippen LogP contribution < -0.4 is 21.3 Å². The maximum absolute atomic E-state index is 12.7. The lowest BCUT2D eigenvalue weighted by Gasteiger charge is -2.40. The van der Waals surface area contributed by atoms with E-state index in [0.29, 0.717) is 18.0 Å². The quantitative estimate of drug-likeness (QED) is 0.498. The second kappa shape index (κ2) is 7.76. The normalized spacial score (nSPS) is 24.1. The summed E-state index contributed by atoms with van der Waals surface area (Å²) in [6.07, 6.45) is 5.08. The van der Waals surface area contributed by atoms with Gasteiger partial charge in [0, 0.05) is 41.6 Å². The number of rotatable bonds is 3. The number of carbonyl (C=O) groups excluding carboxylic acids is 2. The molecule has 1 aromatic heterocycles. The number of nitrogens with two attached hydrogens (primary N) is 1. The van der Waals surface area contributed by atoms with E-state index < -0.39 is 5.91 Å². The van der Waals surface area contributed by atoms with Crippen LogP contribution in [-0.2, 0) is 4.79 Å². The molecule has 0 saturated carbocycles. The van der Waals surface area contributed by atoms with E-state index >= 15 is 0 Å². The highest BCUT2D eigenvalue weighted by molar-refractivity contribution is 6.19. The lowest BCUT2D eigenvalue weighted by molar-refractivity contribution is -0.128. The Morgan fingerprint density at radius 2 is 1.94 bits per heavy atom. The predicted octanol–water partition coefficient (Wildman–Crippen LogP) is 2.99. The molecular formula is C26H31N5O2. The molecule has 7 heteroatoms. The van der Waals surface area contributed by atoms with Gasteiger partial charge in [0.2, 0.25) is 5.91 Å². The maximum Gasteiger partial charge on any atom is 0.250 e. The Balaban J connectivity index is 1.51. The van der Waals surface area contributed by atoms with Crippen LogP contribution >= 0.6 is 0 Å². The Morgan fingerprint density at radius 1 is 1.09 bits per heavy atom. The Morgan fingerprint density at radius 3 is 2.70 bits per heavy atom. The number of nitrogens with zero attached hydrogens (tertiary/aromatic N) is 1. The van der Waals surface area contributed by atoms with E-state index in [9.17, 15) is 9.59 Å². The zero-order valence-corrected chi connectivity index (χ0v) is 18.9. The maximum atomic E-state index is 12.7. The molecule has 2 amide bonds. The number of H-pyrrole nitrogens is 1. The van der Waals surface area contributed by atoms with Gasteiger partial charge < -0.3 is 26.3 Å². The minimum Gasteiger partial charge on any atom is -0.370 e. The molecule has 33 heavy (non-hydrogen) atoms. The van der Waals surface area contributed by atoms with Gasteiger partial charge >= 0.3 is 0 Å². The minimum absolute atomic E-state index is 0.185. The zero-order valence-electron chi connectivity index (χ0n) is 18.9. The van der Waals surface area contributed by atoms with Crippen molar-refractivity contribution in [2.24, 2.45) is 11.1 Å². The van der Waals surface area contributed by atoms with Gasteiger partial charge in [0.15, 0.2) is 0 Å². The number of carbonyl (C=O) groups is 2. The largest absolute Gasteiger partial charge is 0.370 e. The molecule has 3 fully saturated rings. The number of hydrogen-bond acceptors (Lipinski definition) is 4. The molecule has 0 bridgehead atoms. The number of aromatic nitrogens is 1. The molecule has 4 heterocycles. The number of amides is 2. The highest BCUT2D eigenvalue weighted by Crippen LogP contribution is 2.43. The molecule has 3 aliphatic heterocycles. The van der Waals surface area contributed by atoms with Crippen LogP contribution in [0.4, 0.5) is 5.69 Å². The van der Waals surface area contributed by atoms with E-state index in [1.54, 1.807) is 0 Å². The van der Waals surface area contributed by atoms with Crippen LogP contribution in [0.15, 0.2) is 30.3 Å². The van der Waals surface area contributed by atoms with Gasteiger partial charge in [0.05, 0.1) is 16.5 Å². The number of hydrogen-bond donors (Lipinski definition) is 4. The van der Waals surface area contributed by atoms with Crippen LogP contribution in [0.3, 0.4) is 0 Å². The first kappa shape index (κ1) is 20.5. The van der Waals surface area contributed by atoms with Crippen LogP contribution in [0, 0.1) is 5.41 Å². The Kier molecular flexibility index (Phi) is 4.83. The topological polar surface area (TPSA) is 103 Å². The summed E-state index contributed by atoms with van der Waals surface area (Å²) >= 11 is 0. The van der Waals surface area contributed by atoms with Gasteiger partial charge in [0.25, 0.3) is 5.91 Å². The SMILES string of the molecule is NC(=O)c1ccc(N2CCCC3(CCNC3=O)C2)c2c1[nH]c1ccc(C3CCNCC3)cc12. The van der Waals surface area contributed by atoms with Crippen LogP contribution in [0.25, 0.3) is 21.8 Å². The fourth-order valence-electron chi connectivity index (χ4n) is 6.33. The summed E-state index contributed by atoms with van der Waals surface area (Å²) in [6.45, 7) is 4.47. The van der Waals surface area contributed by atoms with E-state index in [4.69, 9.17) is 5.73 Å². The molecule has 7 nitrogen and oxygen atoms in total. The molecule has 1 atom stereocenters. The van der Waals surface area contributed by atoms with E-state index in [1.807, 2.05) is 12.1 Å². The minimum atomic E-state index is -0.429. The van der Waals surface area contributed by atoms with Gasteiger partial charge in [0.1, 0.15) is 0 Å². The molecule has 2 aromatic carbocycles. The van der Waals surface area contributed by atoms with Crippen molar-refractivity contribution in [1.29, 1.82) is 0 Å². The molecule has 3 aliphatic rings.